The first-order chi connectivity index (χ1) is 14.1. The molecular formula is C23H26N4O2. The molecule has 2 aromatic carbocycles. The Labute approximate surface area is 171 Å². The highest BCUT2D eigenvalue weighted by Crippen LogP contribution is 2.24. The summed E-state index contributed by atoms with van der Waals surface area (Å²) < 4.78 is 5.59. The number of anilines is 2. The topological polar surface area (TPSA) is 67.3 Å². The summed E-state index contributed by atoms with van der Waals surface area (Å²) in [6.07, 6.45) is 0. The molecule has 0 bridgehead atoms. The van der Waals surface area contributed by atoms with Gasteiger partial charge < -0.3 is 15.0 Å². The van der Waals surface area contributed by atoms with Gasteiger partial charge in [-0.2, -0.15) is 0 Å². The van der Waals surface area contributed by atoms with Crippen molar-refractivity contribution in [3.05, 3.63) is 77.7 Å². The van der Waals surface area contributed by atoms with E-state index in [0.717, 1.165) is 12.4 Å². The van der Waals surface area contributed by atoms with Gasteiger partial charge in [0.1, 0.15) is 23.1 Å². The number of amides is 1. The molecule has 0 aliphatic rings. The molecule has 6 nitrogen and oxygen atoms in total. The fourth-order valence-electron chi connectivity index (χ4n) is 3.03. The van der Waals surface area contributed by atoms with Crippen molar-refractivity contribution >= 4 is 17.4 Å². The summed E-state index contributed by atoms with van der Waals surface area (Å²) in [5, 5.41) is 2.90. The van der Waals surface area contributed by atoms with Crippen LogP contribution in [0.25, 0.3) is 0 Å². The summed E-state index contributed by atoms with van der Waals surface area (Å²) in [5.74, 6) is 1.62. The number of ether oxygens (including phenoxy) is 1. The van der Waals surface area contributed by atoms with Gasteiger partial charge in [-0.25, -0.2) is 9.97 Å². The summed E-state index contributed by atoms with van der Waals surface area (Å²) in [6, 6.07) is 19.3. The van der Waals surface area contributed by atoms with Crippen LogP contribution in [0.5, 0.6) is 5.75 Å². The normalized spacial score (nSPS) is 10.4. The minimum absolute atomic E-state index is 0.292. The third kappa shape index (κ3) is 5.31. The first-order valence-electron chi connectivity index (χ1n) is 9.78. The number of carbonyl (C=O) groups is 1. The molecule has 0 unspecified atom stereocenters. The van der Waals surface area contributed by atoms with Crippen molar-refractivity contribution in [2.75, 3.05) is 23.4 Å². The summed E-state index contributed by atoms with van der Waals surface area (Å²) >= 11 is 0. The zero-order valence-electron chi connectivity index (χ0n) is 17.1. The maximum Gasteiger partial charge on any atom is 0.274 e. The van der Waals surface area contributed by atoms with Crippen LogP contribution in [0.4, 0.5) is 11.5 Å². The van der Waals surface area contributed by atoms with Crippen molar-refractivity contribution < 1.29 is 9.53 Å². The Morgan fingerprint density at radius 2 is 1.76 bits per heavy atom. The number of nitrogens with zero attached hydrogens (tertiary/aromatic N) is 3. The molecule has 0 aliphatic carbocycles. The molecule has 1 heterocycles. The predicted molar refractivity (Wildman–Crippen MR) is 115 cm³/mol. The molecule has 6 heteroatoms. The van der Waals surface area contributed by atoms with Crippen LogP contribution in [-0.2, 0) is 6.54 Å². The molecule has 0 fully saturated rings. The zero-order chi connectivity index (χ0) is 20.6. The van der Waals surface area contributed by atoms with Gasteiger partial charge >= 0.3 is 0 Å². The molecule has 0 aliphatic heterocycles. The zero-order valence-corrected chi connectivity index (χ0v) is 17.1. The molecule has 0 saturated carbocycles. The van der Waals surface area contributed by atoms with E-state index in [1.807, 2.05) is 49.4 Å². The van der Waals surface area contributed by atoms with Crippen molar-refractivity contribution in [1.29, 1.82) is 0 Å². The molecular weight excluding hydrogens is 364 g/mol. The molecule has 1 aromatic heterocycles. The molecule has 1 N–H and O–H groups in total. The Morgan fingerprint density at radius 3 is 2.48 bits per heavy atom. The predicted octanol–water partition coefficient (Wildman–Crippen LogP) is 4.46. The van der Waals surface area contributed by atoms with Gasteiger partial charge in [-0.1, -0.05) is 42.5 Å². The summed E-state index contributed by atoms with van der Waals surface area (Å²) in [5.41, 5.74) is 2.13. The Balaban J connectivity index is 1.83. The SMILES string of the molecule is CCOc1ccccc1NC(=O)c1cc(N(CC)Cc2ccccc2)nc(C)n1. The molecule has 3 rings (SSSR count). The minimum atomic E-state index is -0.292. The van der Waals surface area contributed by atoms with Gasteiger partial charge in [0.2, 0.25) is 0 Å². The third-order valence-electron chi connectivity index (χ3n) is 4.41. The first-order valence-corrected chi connectivity index (χ1v) is 9.78. The number of rotatable bonds is 8. The highest BCUT2D eigenvalue weighted by Gasteiger charge is 2.16. The van der Waals surface area contributed by atoms with Crippen LogP contribution in [0.2, 0.25) is 0 Å². The van der Waals surface area contributed by atoms with Crippen LogP contribution in [0.15, 0.2) is 60.7 Å². The van der Waals surface area contributed by atoms with E-state index in [1.165, 1.54) is 5.56 Å². The smallest absolute Gasteiger partial charge is 0.274 e. The van der Waals surface area contributed by atoms with Crippen molar-refractivity contribution in [2.24, 2.45) is 0 Å². The Hall–Kier alpha value is -3.41. The maximum atomic E-state index is 12.9. The highest BCUT2D eigenvalue weighted by atomic mass is 16.5. The quantitative estimate of drug-likeness (QED) is 0.615. The average Bonchev–Trinajstić information content (AvgIpc) is 2.74. The van der Waals surface area contributed by atoms with Gasteiger partial charge in [0.05, 0.1) is 12.3 Å². The van der Waals surface area contributed by atoms with E-state index in [2.05, 4.69) is 39.2 Å². The van der Waals surface area contributed by atoms with Gasteiger partial charge in [0.15, 0.2) is 0 Å². The minimum Gasteiger partial charge on any atom is -0.492 e. The number of aryl methyl sites for hydroxylation is 1. The first kappa shape index (κ1) is 20.3. The van der Waals surface area contributed by atoms with Gasteiger partial charge in [-0.3, -0.25) is 4.79 Å². The Morgan fingerprint density at radius 1 is 1.03 bits per heavy atom. The lowest BCUT2D eigenvalue weighted by Gasteiger charge is -2.22. The Bertz CT molecular complexity index is 960. The second kappa shape index (κ2) is 9.68. The standard InChI is InChI=1S/C23H26N4O2/c1-4-27(16-18-11-7-6-8-12-18)22-15-20(24-17(3)25-22)23(28)26-19-13-9-10-14-21(19)29-5-2/h6-15H,4-5,16H2,1-3H3,(H,26,28). The fourth-order valence-corrected chi connectivity index (χ4v) is 3.03. The van der Waals surface area contributed by atoms with Crippen molar-refractivity contribution in [3.8, 4) is 5.75 Å². The lowest BCUT2D eigenvalue weighted by Crippen LogP contribution is -2.25. The van der Waals surface area contributed by atoms with Crippen LogP contribution < -0.4 is 15.0 Å². The lowest BCUT2D eigenvalue weighted by molar-refractivity contribution is 0.102. The third-order valence-corrected chi connectivity index (χ3v) is 4.41. The largest absolute Gasteiger partial charge is 0.492 e. The molecule has 3 aromatic rings. The molecule has 29 heavy (non-hydrogen) atoms. The monoisotopic (exact) mass is 390 g/mol. The number of carbonyl (C=O) groups excluding carboxylic acids is 1. The van der Waals surface area contributed by atoms with E-state index in [4.69, 9.17) is 4.74 Å². The summed E-state index contributed by atoms with van der Waals surface area (Å²) in [7, 11) is 0. The highest BCUT2D eigenvalue weighted by molar-refractivity contribution is 6.04. The van der Waals surface area contributed by atoms with Gasteiger partial charge in [0.25, 0.3) is 5.91 Å². The summed E-state index contributed by atoms with van der Waals surface area (Å²) in [4.78, 5) is 23.9. The number of aromatic nitrogens is 2. The van der Waals surface area contributed by atoms with Gasteiger partial charge in [-0.15, -0.1) is 0 Å². The van der Waals surface area contributed by atoms with Crippen LogP contribution in [-0.4, -0.2) is 29.0 Å². The van der Waals surface area contributed by atoms with Crippen molar-refractivity contribution in [1.82, 2.24) is 9.97 Å². The molecule has 0 saturated heterocycles. The van der Waals surface area contributed by atoms with Crippen LogP contribution in [0.1, 0.15) is 35.7 Å². The molecule has 1 amide bonds. The van der Waals surface area contributed by atoms with E-state index in [-0.39, 0.29) is 5.91 Å². The van der Waals surface area contributed by atoms with Crippen LogP contribution >= 0.6 is 0 Å². The fraction of sp³-hybridized carbons (Fsp3) is 0.261. The second-order valence-electron chi connectivity index (χ2n) is 6.54. The molecule has 0 radical (unpaired) electrons. The number of hydrogen-bond acceptors (Lipinski definition) is 5. The van der Waals surface area contributed by atoms with Crippen molar-refractivity contribution in [2.45, 2.75) is 27.3 Å². The van der Waals surface area contributed by atoms with E-state index in [1.54, 1.807) is 13.0 Å². The van der Waals surface area contributed by atoms with Gasteiger partial charge in [-0.05, 0) is 38.5 Å². The van der Waals surface area contributed by atoms with E-state index in [9.17, 15) is 4.79 Å². The van der Waals surface area contributed by atoms with E-state index < -0.39 is 0 Å². The number of nitrogens with one attached hydrogen (secondary N) is 1. The van der Waals surface area contributed by atoms with E-state index >= 15 is 0 Å². The van der Waals surface area contributed by atoms with Gasteiger partial charge in [0, 0.05) is 19.2 Å². The second-order valence-corrected chi connectivity index (χ2v) is 6.54. The Kier molecular flexibility index (Phi) is 6.79. The van der Waals surface area contributed by atoms with E-state index in [0.29, 0.717) is 36.1 Å². The lowest BCUT2D eigenvalue weighted by atomic mass is 10.2. The van der Waals surface area contributed by atoms with Crippen molar-refractivity contribution in [3.63, 3.8) is 0 Å². The number of benzene rings is 2. The molecule has 150 valence electrons. The maximum absolute atomic E-state index is 12.9. The number of para-hydroxylation sites is 2. The molecule has 0 spiro atoms. The van der Waals surface area contributed by atoms with Crippen LogP contribution in [0, 0.1) is 6.92 Å². The number of hydrogen-bond donors (Lipinski definition) is 1. The molecule has 0 atom stereocenters. The summed E-state index contributed by atoms with van der Waals surface area (Å²) in [6.45, 7) is 7.77. The van der Waals surface area contributed by atoms with Crippen LogP contribution in [0.3, 0.4) is 0 Å². The average molecular weight is 390 g/mol.